The molecule has 4 rings (SSSR count). The van der Waals surface area contributed by atoms with Crippen molar-refractivity contribution < 1.29 is 0 Å². The molecular weight excluding hydrogens is 316 g/mol. The summed E-state index contributed by atoms with van der Waals surface area (Å²) in [5, 5.41) is 9.74. The van der Waals surface area contributed by atoms with Gasteiger partial charge in [0, 0.05) is 18.6 Å². The molecule has 0 N–H and O–H groups in total. The summed E-state index contributed by atoms with van der Waals surface area (Å²) in [6.07, 6.45) is 5.92. The molecule has 0 saturated carbocycles. The molecule has 0 aliphatic carbocycles. The van der Waals surface area contributed by atoms with Crippen LogP contribution >= 0.6 is 11.6 Å². The second-order valence-corrected chi connectivity index (χ2v) is 7.07. The molecule has 0 amide bonds. The predicted octanol–water partition coefficient (Wildman–Crippen LogP) is 5.03. The van der Waals surface area contributed by atoms with Crippen molar-refractivity contribution in [3.8, 4) is 6.07 Å². The van der Waals surface area contributed by atoms with E-state index in [0.29, 0.717) is 22.7 Å². The monoisotopic (exact) mass is 334 g/mol. The second-order valence-electron chi connectivity index (χ2n) is 6.66. The first-order valence-electron chi connectivity index (χ1n) is 8.45. The number of benzene rings is 2. The summed E-state index contributed by atoms with van der Waals surface area (Å²) in [6.45, 7) is 1.02. The molecule has 2 aromatic rings. The predicted molar refractivity (Wildman–Crippen MR) is 97.6 cm³/mol. The van der Waals surface area contributed by atoms with Gasteiger partial charge in [0.2, 0.25) is 0 Å². The van der Waals surface area contributed by atoms with Crippen LogP contribution < -0.4 is 0 Å². The van der Waals surface area contributed by atoms with Gasteiger partial charge in [0.05, 0.1) is 10.6 Å². The maximum Gasteiger partial charge on any atom is 0.101 e. The van der Waals surface area contributed by atoms with E-state index in [4.69, 9.17) is 11.6 Å². The average Bonchev–Trinajstić information content (AvgIpc) is 2.84. The molecule has 2 aromatic carbocycles. The number of hydrogen-bond acceptors (Lipinski definition) is 2. The summed E-state index contributed by atoms with van der Waals surface area (Å²) < 4.78 is 0. The summed E-state index contributed by atoms with van der Waals surface area (Å²) in [6, 6.07) is 19.8. The Hall–Kier alpha value is -2.08. The molecule has 0 spiro atoms. The van der Waals surface area contributed by atoms with Crippen molar-refractivity contribution >= 4 is 17.2 Å². The van der Waals surface area contributed by atoms with Crippen molar-refractivity contribution in [2.75, 3.05) is 0 Å². The van der Waals surface area contributed by atoms with Crippen LogP contribution in [0.3, 0.4) is 0 Å². The summed E-state index contributed by atoms with van der Waals surface area (Å²) >= 11 is 6.07. The van der Waals surface area contributed by atoms with Crippen LogP contribution in [0.1, 0.15) is 36.0 Å². The highest BCUT2D eigenvalue weighted by Crippen LogP contribution is 2.39. The lowest BCUT2D eigenvalue weighted by Gasteiger charge is -2.34. The van der Waals surface area contributed by atoms with Gasteiger partial charge in [0.15, 0.2) is 0 Å². The lowest BCUT2D eigenvalue weighted by Crippen LogP contribution is -2.37. The van der Waals surface area contributed by atoms with Gasteiger partial charge in [-0.2, -0.15) is 5.26 Å². The second kappa shape index (κ2) is 6.43. The molecule has 0 radical (unpaired) electrons. The van der Waals surface area contributed by atoms with Crippen molar-refractivity contribution in [3.63, 3.8) is 0 Å². The van der Waals surface area contributed by atoms with Crippen LogP contribution in [0.2, 0.25) is 5.02 Å². The quantitative estimate of drug-likeness (QED) is 0.787. The van der Waals surface area contributed by atoms with Gasteiger partial charge in [-0.3, -0.25) is 4.90 Å². The third kappa shape index (κ3) is 2.86. The summed E-state index contributed by atoms with van der Waals surface area (Å²) in [4.78, 5) is 2.62. The Balaban J connectivity index is 1.59. The van der Waals surface area contributed by atoms with E-state index in [-0.39, 0.29) is 0 Å². The Morgan fingerprint density at radius 3 is 2.71 bits per heavy atom. The van der Waals surface area contributed by atoms with Crippen molar-refractivity contribution in [2.24, 2.45) is 0 Å². The number of fused-ring (bicyclic) bond motifs is 2. The first-order valence-corrected chi connectivity index (χ1v) is 8.83. The topological polar surface area (TPSA) is 27.0 Å². The van der Waals surface area contributed by atoms with Crippen molar-refractivity contribution in [2.45, 2.75) is 37.9 Å². The van der Waals surface area contributed by atoms with Gasteiger partial charge < -0.3 is 0 Å². The van der Waals surface area contributed by atoms with Crippen molar-refractivity contribution in [3.05, 3.63) is 76.3 Å². The molecule has 24 heavy (non-hydrogen) atoms. The standard InChI is InChI=1S/C21H19ClN2/c22-21-9-6-16(10-18(21)13-23)17-11-19-7-8-20(12-17)24(19)14-15-4-2-1-3-5-15/h1-6,9-11,19-20H,7-8,12,14H2. The minimum atomic E-state index is 0.500. The molecule has 2 heterocycles. The third-order valence-electron chi connectivity index (χ3n) is 5.21. The van der Waals surface area contributed by atoms with E-state index in [1.807, 2.05) is 18.2 Å². The average molecular weight is 335 g/mol. The molecule has 1 fully saturated rings. The van der Waals surface area contributed by atoms with Gasteiger partial charge >= 0.3 is 0 Å². The highest BCUT2D eigenvalue weighted by molar-refractivity contribution is 6.31. The smallest absolute Gasteiger partial charge is 0.101 e. The zero-order chi connectivity index (χ0) is 16.5. The Bertz CT molecular complexity index is 819. The fourth-order valence-electron chi connectivity index (χ4n) is 3.98. The third-order valence-corrected chi connectivity index (χ3v) is 5.53. The number of nitrogens with zero attached hydrogens (tertiary/aromatic N) is 2. The highest BCUT2D eigenvalue weighted by atomic mass is 35.5. The highest BCUT2D eigenvalue weighted by Gasteiger charge is 2.36. The molecule has 1 saturated heterocycles. The first-order chi connectivity index (χ1) is 11.7. The lowest BCUT2D eigenvalue weighted by atomic mass is 9.93. The minimum absolute atomic E-state index is 0.500. The maximum atomic E-state index is 9.20. The van der Waals surface area contributed by atoms with Gasteiger partial charge in [-0.05, 0) is 48.1 Å². The molecule has 2 nitrogen and oxygen atoms in total. The van der Waals surface area contributed by atoms with E-state index in [9.17, 15) is 5.26 Å². The number of halogens is 1. The molecule has 2 aliphatic heterocycles. The first kappa shape index (κ1) is 15.4. The molecule has 0 aromatic heterocycles. The van der Waals surface area contributed by atoms with Crippen LogP contribution in [0.15, 0.2) is 54.6 Å². The van der Waals surface area contributed by atoms with Crippen LogP contribution in [0.5, 0.6) is 0 Å². The molecule has 2 unspecified atom stereocenters. The lowest BCUT2D eigenvalue weighted by molar-refractivity contribution is 0.203. The van der Waals surface area contributed by atoms with Gasteiger partial charge in [-0.25, -0.2) is 0 Å². The Morgan fingerprint density at radius 2 is 1.96 bits per heavy atom. The SMILES string of the molecule is N#Cc1cc(C2=CC3CCC(C2)N3Cc2ccccc2)ccc1Cl. The van der Waals surface area contributed by atoms with Crippen LogP contribution in [0.25, 0.3) is 5.57 Å². The van der Waals surface area contributed by atoms with Crippen LogP contribution in [-0.2, 0) is 6.54 Å². The Labute approximate surface area is 148 Å². The molecule has 3 heteroatoms. The molecule has 120 valence electrons. The largest absolute Gasteiger partial charge is 0.289 e. The Kier molecular flexibility index (Phi) is 4.14. The summed E-state index contributed by atoms with van der Waals surface area (Å²) in [5.74, 6) is 0. The molecule has 2 bridgehead atoms. The number of nitriles is 1. The fourth-order valence-corrected chi connectivity index (χ4v) is 4.14. The molecular formula is C21H19ClN2. The van der Waals surface area contributed by atoms with E-state index in [2.05, 4.69) is 47.4 Å². The van der Waals surface area contributed by atoms with Gasteiger partial charge in [-0.15, -0.1) is 0 Å². The van der Waals surface area contributed by atoms with Gasteiger partial charge in [0.25, 0.3) is 0 Å². The van der Waals surface area contributed by atoms with Gasteiger partial charge in [0.1, 0.15) is 6.07 Å². The number of hydrogen-bond donors (Lipinski definition) is 0. The van der Waals surface area contributed by atoms with Crippen LogP contribution in [0.4, 0.5) is 0 Å². The van der Waals surface area contributed by atoms with Crippen LogP contribution in [0, 0.1) is 11.3 Å². The number of rotatable bonds is 3. The van der Waals surface area contributed by atoms with Crippen molar-refractivity contribution in [1.29, 1.82) is 5.26 Å². The summed E-state index contributed by atoms with van der Waals surface area (Å²) in [7, 11) is 0. The maximum absolute atomic E-state index is 9.20. The normalized spacial score (nSPS) is 22.9. The Morgan fingerprint density at radius 1 is 1.12 bits per heavy atom. The van der Waals surface area contributed by atoms with Crippen LogP contribution in [-0.4, -0.2) is 17.0 Å². The van der Waals surface area contributed by atoms with Crippen molar-refractivity contribution in [1.82, 2.24) is 4.90 Å². The molecule has 2 aliphatic rings. The molecule has 2 atom stereocenters. The minimum Gasteiger partial charge on any atom is -0.289 e. The summed E-state index contributed by atoms with van der Waals surface area (Å²) in [5.41, 5.74) is 4.45. The van der Waals surface area contributed by atoms with Gasteiger partial charge in [-0.1, -0.05) is 54.1 Å². The zero-order valence-corrected chi connectivity index (χ0v) is 14.2. The van der Waals surface area contributed by atoms with E-state index in [1.54, 1.807) is 0 Å². The van der Waals surface area contributed by atoms with E-state index >= 15 is 0 Å². The zero-order valence-electron chi connectivity index (χ0n) is 13.5. The van der Waals surface area contributed by atoms with E-state index in [0.717, 1.165) is 18.5 Å². The fraction of sp³-hybridized carbons (Fsp3) is 0.286. The van der Waals surface area contributed by atoms with E-state index < -0.39 is 0 Å². The van der Waals surface area contributed by atoms with E-state index in [1.165, 1.54) is 24.0 Å².